The third-order valence-electron chi connectivity index (χ3n) is 4.35. The Bertz CT molecular complexity index is 656. The normalized spacial score (nSPS) is 15.7. The van der Waals surface area contributed by atoms with Crippen LogP contribution in [-0.4, -0.2) is 36.5 Å². The maximum absolute atomic E-state index is 13.1. The quantitative estimate of drug-likeness (QED) is 0.795. The number of alkyl halides is 3. The number of halogens is 4. The average molecular weight is 375 g/mol. The van der Waals surface area contributed by atoms with Gasteiger partial charge in [-0.2, -0.15) is 13.2 Å². The fraction of sp³-hybridized carbons (Fsp3) is 0.529. The van der Waals surface area contributed by atoms with Crippen LogP contribution >= 0.6 is 0 Å². The third-order valence-corrected chi connectivity index (χ3v) is 4.35. The van der Waals surface area contributed by atoms with Gasteiger partial charge in [0.25, 0.3) is 0 Å². The van der Waals surface area contributed by atoms with E-state index in [1.807, 2.05) is 0 Å². The Labute approximate surface area is 148 Å². The van der Waals surface area contributed by atoms with Crippen molar-refractivity contribution >= 4 is 11.9 Å². The Morgan fingerprint density at radius 1 is 1.19 bits per heavy atom. The van der Waals surface area contributed by atoms with Gasteiger partial charge in [-0.05, 0) is 36.5 Å². The predicted molar refractivity (Wildman–Crippen MR) is 86.6 cm³/mol. The van der Waals surface area contributed by atoms with E-state index in [2.05, 4.69) is 10.6 Å². The maximum atomic E-state index is 13.1. The van der Waals surface area contributed by atoms with E-state index in [9.17, 15) is 27.2 Å². The number of amides is 3. The average Bonchev–Trinajstić information content (AvgIpc) is 2.58. The summed E-state index contributed by atoms with van der Waals surface area (Å²) in [5, 5.41) is 5.20. The summed E-state index contributed by atoms with van der Waals surface area (Å²) in [7, 11) is 0. The van der Waals surface area contributed by atoms with Crippen LogP contribution in [-0.2, 0) is 17.5 Å². The lowest BCUT2D eigenvalue weighted by Crippen LogP contribution is -2.45. The van der Waals surface area contributed by atoms with Crippen LogP contribution in [0.15, 0.2) is 18.2 Å². The van der Waals surface area contributed by atoms with Crippen LogP contribution in [0.25, 0.3) is 0 Å². The number of carbonyl (C=O) groups excluding carboxylic acids is 2. The van der Waals surface area contributed by atoms with Crippen molar-refractivity contribution in [3.8, 4) is 0 Å². The van der Waals surface area contributed by atoms with Crippen molar-refractivity contribution in [3.05, 3.63) is 35.1 Å². The molecular weight excluding hydrogens is 354 g/mol. The molecule has 2 N–H and O–H groups in total. The number of nitrogens with zero attached hydrogens (tertiary/aromatic N) is 1. The van der Waals surface area contributed by atoms with Crippen molar-refractivity contribution in [3.63, 3.8) is 0 Å². The van der Waals surface area contributed by atoms with Gasteiger partial charge in [-0.3, -0.25) is 4.79 Å². The van der Waals surface area contributed by atoms with Crippen LogP contribution in [0.3, 0.4) is 0 Å². The largest absolute Gasteiger partial charge is 0.416 e. The first kappa shape index (κ1) is 20.0. The van der Waals surface area contributed by atoms with Crippen molar-refractivity contribution in [1.82, 2.24) is 15.5 Å². The van der Waals surface area contributed by atoms with Crippen molar-refractivity contribution in [2.75, 3.05) is 19.6 Å². The molecule has 1 aromatic rings. The van der Waals surface area contributed by atoms with Crippen LogP contribution in [0.1, 0.15) is 30.9 Å². The number of piperidine rings is 1. The molecule has 0 saturated carbocycles. The summed E-state index contributed by atoms with van der Waals surface area (Å²) in [6, 6.07) is 1.93. The molecule has 1 heterocycles. The summed E-state index contributed by atoms with van der Waals surface area (Å²) in [6.45, 7) is 2.58. The minimum Gasteiger partial charge on any atom is -0.356 e. The highest BCUT2D eigenvalue weighted by Gasteiger charge is 2.34. The molecule has 26 heavy (non-hydrogen) atoms. The number of urea groups is 1. The Morgan fingerprint density at radius 3 is 2.42 bits per heavy atom. The monoisotopic (exact) mass is 375 g/mol. The molecule has 3 amide bonds. The van der Waals surface area contributed by atoms with Crippen molar-refractivity contribution in [2.45, 2.75) is 32.5 Å². The molecule has 0 unspecified atom stereocenters. The topological polar surface area (TPSA) is 61.4 Å². The molecule has 2 rings (SSSR count). The Balaban J connectivity index is 1.87. The van der Waals surface area contributed by atoms with Gasteiger partial charge in [0.15, 0.2) is 0 Å². The number of hydrogen-bond acceptors (Lipinski definition) is 2. The van der Waals surface area contributed by atoms with Gasteiger partial charge in [-0.25, -0.2) is 9.18 Å². The first-order chi connectivity index (χ1) is 12.2. The standard InChI is InChI=1S/C17H21F4N3O2/c1-11(25)22-9-12-4-6-24(7-5-12)16(26)23-10-13-2-3-14(18)8-15(13)17(19,20)21/h2-3,8,12H,4-7,9-10H2,1H3,(H,22,25)(H,23,26). The lowest BCUT2D eigenvalue weighted by atomic mass is 9.97. The predicted octanol–water partition coefficient (Wildman–Crippen LogP) is 2.90. The highest BCUT2D eigenvalue weighted by Crippen LogP contribution is 2.32. The third kappa shape index (κ3) is 5.60. The summed E-state index contributed by atoms with van der Waals surface area (Å²) >= 11 is 0. The molecule has 0 aromatic heterocycles. The van der Waals surface area contributed by atoms with Crippen LogP contribution in [0, 0.1) is 11.7 Å². The first-order valence-corrected chi connectivity index (χ1v) is 8.29. The molecule has 0 aliphatic carbocycles. The van der Waals surface area contributed by atoms with Crippen LogP contribution in [0.5, 0.6) is 0 Å². The van der Waals surface area contributed by atoms with Crippen LogP contribution < -0.4 is 10.6 Å². The van der Waals surface area contributed by atoms with E-state index in [1.165, 1.54) is 11.8 Å². The van der Waals surface area contributed by atoms with Gasteiger partial charge in [0.1, 0.15) is 5.82 Å². The van der Waals surface area contributed by atoms with Crippen molar-refractivity contribution in [2.24, 2.45) is 5.92 Å². The van der Waals surface area contributed by atoms with E-state index in [-0.39, 0.29) is 23.9 Å². The van der Waals surface area contributed by atoms with Gasteiger partial charge in [0.2, 0.25) is 5.91 Å². The lowest BCUT2D eigenvalue weighted by molar-refractivity contribution is -0.138. The molecule has 1 aliphatic rings. The minimum absolute atomic E-state index is 0.107. The summed E-state index contributed by atoms with van der Waals surface area (Å²) in [4.78, 5) is 24.6. The Kier molecular flexibility index (Phi) is 6.44. The van der Waals surface area contributed by atoms with Crippen LogP contribution in [0.4, 0.5) is 22.4 Å². The zero-order chi connectivity index (χ0) is 19.3. The molecule has 5 nitrogen and oxygen atoms in total. The summed E-state index contributed by atoms with van der Waals surface area (Å²) in [6.07, 6.45) is -3.28. The zero-order valence-corrected chi connectivity index (χ0v) is 14.3. The molecule has 144 valence electrons. The molecule has 1 aliphatic heterocycles. The van der Waals surface area contributed by atoms with Gasteiger partial charge in [-0.1, -0.05) is 6.07 Å². The van der Waals surface area contributed by atoms with E-state index in [4.69, 9.17) is 0 Å². The molecule has 0 radical (unpaired) electrons. The molecule has 9 heteroatoms. The molecule has 1 saturated heterocycles. The first-order valence-electron chi connectivity index (χ1n) is 8.29. The summed E-state index contributed by atoms with van der Waals surface area (Å²) in [5.41, 5.74) is -1.28. The van der Waals surface area contributed by atoms with Crippen LogP contribution in [0.2, 0.25) is 0 Å². The number of rotatable bonds is 4. The number of likely N-dealkylation sites (tertiary alicyclic amines) is 1. The van der Waals surface area contributed by atoms with Crippen molar-refractivity contribution < 1.29 is 27.2 Å². The van der Waals surface area contributed by atoms with E-state index in [0.29, 0.717) is 38.5 Å². The van der Waals surface area contributed by atoms with Gasteiger partial charge in [0, 0.05) is 33.1 Å². The number of benzene rings is 1. The number of hydrogen-bond donors (Lipinski definition) is 2. The molecule has 1 fully saturated rings. The van der Waals surface area contributed by atoms with E-state index >= 15 is 0 Å². The van der Waals surface area contributed by atoms with Gasteiger partial charge < -0.3 is 15.5 Å². The minimum atomic E-state index is -4.69. The second-order valence-corrected chi connectivity index (χ2v) is 6.33. The summed E-state index contributed by atoms with van der Waals surface area (Å²) in [5.74, 6) is -0.810. The molecular formula is C17H21F4N3O2. The zero-order valence-electron chi connectivity index (χ0n) is 14.3. The number of nitrogens with one attached hydrogen (secondary N) is 2. The SMILES string of the molecule is CC(=O)NCC1CCN(C(=O)NCc2ccc(F)cc2C(F)(F)F)CC1. The maximum Gasteiger partial charge on any atom is 0.416 e. The highest BCUT2D eigenvalue weighted by molar-refractivity contribution is 5.74. The fourth-order valence-corrected chi connectivity index (χ4v) is 2.88. The number of carbonyl (C=O) groups is 2. The van der Waals surface area contributed by atoms with Crippen molar-refractivity contribution in [1.29, 1.82) is 0 Å². The van der Waals surface area contributed by atoms with Gasteiger partial charge in [0.05, 0.1) is 5.56 Å². The summed E-state index contributed by atoms with van der Waals surface area (Å²) < 4.78 is 52.0. The van der Waals surface area contributed by atoms with E-state index in [1.54, 1.807) is 0 Å². The smallest absolute Gasteiger partial charge is 0.356 e. The fourth-order valence-electron chi connectivity index (χ4n) is 2.88. The lowest BCUT2D eigenvalue weighted by Gasteiger charge is -2.32. The second-order valence-electron chi connectivity index (χ2n) is 6.33. The molecule has 0 atom stereocenters. The van der Waals surface area contributed by atoms with Gasteiger partial charge >= 0.3 is 12.2 Å². The molecule has 0 spiro atoms. The Morgan fingerprint density at radius 2 is 1.85 bits per heavy atom. The Hall–Kier alpha value is -2.32. The molecule has 0 bridgehead atoms. The highest BCUT2D eigenvalue weighted by atomic mass is 19.4. The van der Waals surface area contributed by atoms with Gasteiger partial charge in [-0.15, -0.1) is 0 Å². The van der Waals surface area contributed by atoms with E-state index in [0.717, 1.165) is 12.1 Å². The second kappa shape index (κ2) is 8.37. The molecule has 1 aromatic carbocycles. The van der Waals surface area contributed by atoms with E-state index < -0.39 is 23.6 Å².